The van der Waals surface area contributed by atoms with Crippen LogP contribution in [0, 0.1) is 6.57 Å². The fourth-order valence-electron chi connectivity index (χ4n) is 8.32. The van der Waals surface area contributed by atoms with E-state index in [9.17, 15) is 0 Å². The van der Waals surface area contributed by atoms with Gasteiger partial charge in [-0.3, -0.25) is 4.98 Å². The first kappa shape index (κ1) is 27.7. The maximum atomic E-state index is 7.57. The third-order valence-electron chi connectivity index (χ3n) is 10.7. The van der Waals surface area contributed by atoms with Gasteiger partial charge in [0.15, 0.2) is 5.69 Å². The van der Waals surface area contributed by atoms with Crippen LogP contribution >= 0.6 is 0 Å². The number of rotatable bonds is 2. The van der Waals surface area contributed by atoms with Crippen molar-refractivity contribution >= 4 is 59.8 Å². The molecule has 1 aliphatic rings. The Balaban J connectivity index is 1.22. The number of nitrogens with zero attached hydrogens (tertiary/aromatic N) is 3. The van der Waals surface area contributed by atoms with Crippen molar-refractivity contribution in [3.05, 3.63) is 162 Å². The molecule has 2 aromatic heterocycles. The van der Waals surface area contributed by atoms with Gasteiger partial charge in [0.2, 0.25) is 0 Å². The van der Waals surface area contributed by atoms with Crippen molar-refractivity contribution in [3.8, 4) is 33.5 Å². The minimum absolute atomic E-state index is 0.202. The van der Waals surface area contributed by atoms with Crippen LogP contribution < -0.4 is 0 Å². The summed E-state index contributed by atoms with van der Waals surface area (Å²) in [7, 11) is 0. The molecule has 228 valence electrons. The Morgan fingerprint density at radius 3 is 2.06 bits per heavy atom. The monoisotopic (exact) mass is 623 g/mol. The Hall–Kier alpha value is -6.37. The van der Waals surface area contributed by atoms with E-state index >= 15 is 0 Å². The van der Waals surface area contributed by atoms with E-state index in [2.05, 4.69) is 140 Å². The van der Waals surface area contributed by atoms with Crippen LogP contribution in [-0.4, -0.2) is 9.97 Å². The lowest BCUT2D eigenvalue weighted by molar-refractivity contribution is 0.661. The molecule has 0 unspecified atom stereocenters. The summed E-state index contributed by atoms with van der Waals surface area (Å²) in [6.07, 6.45) is 1.89. The maximum Gasteiger partial charge on any atom is 0.187 e. The normalized spacial score (nSPS) is 13.2. The van der Waals surface area contributed by atoms with E-state index in [-0.39, 0.29) is 5.41 Å². The zero-order valence-electron chi connectivity index (χ0n) is 27.1. The van der Waals surface area contributed by atoms with Gasteiger partial charge in [-0.05, 0) is 67.7 Å². The highest BCUT2D eigenvalue weighted by atomic mass is 14.7. The second-order valence-corrected chi connectivity index (χ2v) is 13.6. The molecule has 0 fully saturated rings. The molecule has 0 atom stereocenters. The molecule has 0 bridgehead atoms. The molecule has 1 aliphatic carbocycles. The van der Waals surface area contributed by atoms with Crippen LogP contribution in [0.5, 0.6) is 0 Å². The number of benzene rings is 7. The van der Waals surface area contributed by atoms with Gasteiger partial charge in [-0.15, -0.1) is 0 Å². The molecule has 3 nitrogen and oxygen atoms in total. The molecular formula is C46H29N3. The van der Waals surface area contributed by atoms with Gasteiger partial charge in [0.25, 0.3) is 0 Å². The van der Waals surface area contributed by atoms with Crippen molar-refractivity contribution in [2.75, 3.05) is 0 Å². The zero-order valence-corrected chi connectivity index (χ0v) is 27.1. The summed E-state index contributed by atoms with van der Waals surface area (Å²) in [5.41, 5.74) is 11.9. The van der Waals surface area contributed by atoms with Crippen molar-refractivity contribution < 1.29 is 0 Å². The van der Waals surface area contributed by atoms with Gasteiger partial charge >= 0.3 is 0 Å². The Kier molecular flexibility index (Phi) is 5.69. The first-order valence-corrected chi connectivity index (χ1v) is 16.7. The van der Waals surface area contributed by atoms with Crippen LogP contribution in [0.15, 0.2) is 140 Å². The lowest BCUT2D eigenvalue weighted by atomic mass is 9.81. The molecule has 0 saturated carbocycles. The summed E-state index contributed by atoms with van der Waals surface area (Å²) in [5, 5.41) is 9.29. The van der Waals surface area contributed by atoms with Gasteiger partial charge in [0.1, 0.15) is 0 Å². The van der Waals surface area contributed by atoms with E-state index in [4.69, 9.17) is 16.5 Å². The van der Waals surface area contributed by atoms with E-state index in [1.807, 2.05) is 18.3 Å². The molecule has 10 rings (SSSR count). The molecule has 0 N–H and O–H groups in total. The van der Waals surface area contributed by atoms with E-state index < -0.39 is 0 Å². The number of aromatic nitrogens is 2. The van der Waals surface area contributed by atoms with Gasteiger partial charge in [-0.25, -0.2) is 9.83 Å². The SMILES string of the molecule is [C-]#[N+]c1ccc2c(c1)C(C)(C)c1cc(-c3ccc(-c4nc5ccccc5c5c4ccc4ccc6cccnc6c45)c4ccccc34)ccc1-2. The van der Waals surface area contributed by atoms with Crippen LogP contribution in [0.25, 0.3) is 92.5 Å². The molecule has 0 radical (unpaired) electrons. The molecular weight excluding hydrogens is 595 g/mol. The standard InChI is InChI=1S/C46H29N3/c1-46(2)39-25-29(17-19-34(39)35-21-18-30(47-3)26-40(35)46)31-22-23-36(33-11-5-4-10-32(31)33)45-38-20-16-27-14-15-28-9-8-24-48-44(28)42(27)43(38)37-12-6-7-13-41(37)49-45/h4-26H,1-2H3. The molecule has 0 aliphatic heterocycles. The molecule has 49 heavy (non-hydrogen) atoms. The Bertz CT molecular complexity index is 2930. The highest BCUT2D eigenvalue weighted by Gasteiger charge is 2.35. The van der Waals surface area contributed by atoms with Crippen LogP contribution in [-0.2, 0) is 5.41 Å². The summed E-state index contributed by atoms with van der Waals surface area (Å²) < 4.78 is 0. The van der Waals surface area contributed by atoms with E-state index in [1.165, 1.54) is 60.3 Å². The smallest absolute Gasteiger partial charge is 0.187 e. The Morgan fingerprint density at radius 2 is 1.22 bits per heavy atom. The predicted molar refractivity (Wildman–Crippen MR) is 204 cm³/mol. The highest BCUT2D eigenvalue weighted by molar-refractivity contribution is 6.28. The average Bonchev–Trinajstić information content (AvgIpc) is 3.38. The van der Waals surface area contributed by atoms with Gasteiger partial charge in [-0.1, -0.05) is 129 Å². The maximum absolute atomic E-state index is 7.57. The number of para-hydroxylation sites is 1. The second-order valence-electron chi connectivity index (χ2n) is 13.6. The Morgan fingerprint density at radius 1 is 0.551 bits per heavy atom. The lowest BCUT2D eigenvalue weighted by Crippen LogP contribution is -2.14. The van der Waals surface area contributed by atoms with E-state index in [0.29, 0.717) is 5.69 Å². The van der Waals surface area contributed by atoms with Crippen LogP contribution in [0.1, 0.15) is 25.0 Å². The molecule has 9 aromatic rings. The first-order chi connectivity index (χ1) is 24.0. The van der Waals surface area contributed by atoms with Crippen molar-refractivity contribution in [1.82, 2.24) is 9.97 Å². The Labute approximate surface area is 284 Å². The van der Waals surface area contributed by atoms with Gasteiger partial charge in [0.05, 0.1) is 23.3 Å². The fourth-order valence-corrected chi connectivity index (χ4v) is 8.32. The van der Waals surface area contributed by atoms with Crippen molar-refractivity contribution in [3.63, 3.8) is 0 Å². The summed E-state index contributed by atoms with van der Waals surface area (Å²) in [6.45, 7) is 12.1. The van der Waals surface area contributed by atoms with Crippen LogP contribution in [0.2, 0.25) is 0 Å². The van der Waals surface area contributed by atoms with Gasteiger partial charge in [-0.2, -0.15) is 0 Å². The van der Waals surface area contributed by atoms with Gasteiger partial charge < -0.3 is 0 Å². The largest absolute Gasteiger partial charge is 0.256 e. The van der Waals surface area contributed by atoms with Crippen LogP contribution in [0.4, 0.5) is 5.69 Å². The minimum Gasteiger partial charge on any atom is -0.256 e. The zero-order chi connectivity index (χ0) is 32.9. The molecule has 0 spiro atoms. The summed E-state index contributed by atoms with van der Waals surface area (Å²) in [5.74, 6) is 0. The molecule has 0 amide bonds. The summed E-state index contributed by atoms with van der Waals surface area (Å²) in [4.78, 5) is 14.0. The average molecular weight is 624 g/mol. The number of hydrogen-bond donors (Lipinski definition) is 0. The van der Waals surface area contributed by atoms with Crippen LogP contribution in [0.3, 0.4) is 0 Å². The third kappa shape index (κ3) is 3.89. The van der Waals surface area contributed by atoms with E-state index in [0.717, 1.165) is 38.4 Å². The van der Waals surface area contributed by atoms with Crippen molar-refractivity contribution in [2.24, 2.45) is 0 Å². The molecule has 0 saturated heterocycles. The molecule has 7 aromatic carbocycles. The number of hydrogen-bond acceptors (Lipinski definition) is 2. The van der Waals surface area contributed by atoms with Gasteiger partial charge in [0, 0.05) is 44.1 Å². The van der Waals surface area contributed by atoms with Crippen molar-refractivity contribution in [2.45, 2.75) is 19.3 Å². The quantitative estimate of drug-likeness (QED) is 0.142. The topological polar surface area (TPSA) is 30.1 Å². The highest BCUT2D eigenvalue weighted by Crippen LogP contribution is 2.51. The molecule has 3 heteroatoms. The summed E-state index contributed by atoms with van der Waals surface area (Å²) in [6, 6.07) is 47.7. The second kappa shape index (κ2) is 10.1. The minimum atomic E-state index is -0.202. The fraction of sp³-hybridized carbons (Fsp3) is 0.0652. The number of pyridine rings is 2. The summed E-state index contributed by atoms with van der Waals surface area (Å²) >= 11 is 0. The number of fused-ring (bicyclic) bond motifs is 11. The van der Waals surface area contributed by atoms with E-state index in [1.54, 1.807) is 0 Å². The van der Waals surface area contributed by atoms with Crippen molar-refractivity contribution in [1.29, 1.82) is 0 Å². The molecule has 2 heterocycles. The third-order valence-corrected chi connectivity index (χ3v) is 10.7. The lowest BCUT2D eigenvalue weighted by Gasteiger charge is -2.22. The predicted octanol–water partition coefficient (Wildman–Crippen LogP) is 12.4. The first-order valence-electron chi connectivity index (χ1n) is 16.7.